The molecule has 6 nitrogen and oxygen atoms in total. The van der Waals surface area contributed by atoms with Crippen LogP contribution in [0.4, 0.5) is 9.59 Å². The number of rotatable bonds is 3. The second kappa shape index (κ2) is 7.49. The molecule has 0 atom stereocenters. The van der Waals surface area contributed by atoms with Crippen molar-refractivity contribution in [3.63, 3.8) is 0 Å². The Morgan fingerprint density at radius 1 is 1.10 bits per heavy atom. The van der Waals surface area contributed by atoms with Crippen LogP contribution in [0.3, 0.4) is 0 Å². The fourth-order valence-electron chi connectivity index (χ4n) is 1.89. The number of ether oxygens (including phenoxy) is 3. The van der Waals surface area contributed by atoms with E-state index in [1.54, 1.807) is 12.1 Å². The molecule has 2 rings (SSSR count). The van der Waals surface area contributed by atoms with E-state index in [2.05, 4.69) is 10.1 Å². The van der Waals surface area contributed by atoms with E-state index in [0.717, 1.165) is 18.7 Å². The van der Waals surface area contributed by atoms with Crippen molar-refractivity contribution >= 4 is 12.3 Å². The monoisotopic (exact) mass is 279 g/mol. The molecule has 1 N–H and O–H groups in total. The van der Waals surface area contributed by atoms with Gasteiger partial charge in [0, 0.05) is 0 Å². The van der Waals surface area contributed by atoms with Crippen LogP contribution >= 0.6 is 0 Å². The Bertz CT molecular complexity index is 442. The largest absolute Gasteiger partial charge is 0.518 e. The van der Waals surface area contributed by atoms with Gasteiger partial charge in [-0.05, 0) is 31.5 Å². The third kappa shape index (κ3) is 4.89. The van der Waals surface area contributed by atoms with Crippen molar-refractivity contribution in [1.82, 2.24) is 5.32 Å². The van der Waals surface area contributed by atoms with Crippen LogP contribution < -0.4 is 5.32 Å². The number of nitrogens with one attached hydrogen (secondary N) is 1. The number of benzene rings is 1. The Morgan fingerprint density at radius 3 is 2.50 bits per heavy atom. The first-order chi connectivity index (χ1) is 9.74. The van der Waals surface area contributed by atoms with Crippen LogP contribution in [0.2, 0.25) is 0 Å². The smallest absolute Gasteiger partial charge is 0.430 e. The Hall–Kier alpha value is -2.08. The van der Waals surface area contributed by atoms with Crippen molar-refractivity contribution in [2.24, 2.45) is 0 Å². The Labute approximate surface area is 117 Å². The normalized spacial score (nSPS) is 15.4. The molecular formula is C14H17NO5. The van der Waals surface area contributed by atoms with Crippen molar-refractivity contribution in [2.75, 3.05) is 13.1 Å². The third-order valence-corrected chi connectivity index (χ3v) is 2.92. The zero-order valence-corrected chi connectivity index (χ0v) is 11.0. The van der Waals surface area contributed by atoms with Gasteiger partial charge < -0.3 is 19.5 Å². The van der Waals surface area contributed by atoms with Crippen LogP contribution in [-0.4, -0.2) is 31.5 Å². The first kappa shape index (κ1) is 14.3. The summed E-state index contributed by atoms with van der Waals surface area (Å²) in [5, 5.41) is 3.14. The number of hydrogen-bond donors (Lipinski definition) is 1. The molecule has 20 heavy (non-hydrogen) atoms. The molecule has 0 aromatic heterocycles. The van der Waals surface area contributed by atoms with Gasteiger partial charge in [0.15, 0.2) is 0 Å². The predicted octanol–water partition coefficient (Wildman–Crippen LogP) is 2.23. The molecule has 0 amide bonds. The summed E-state index contributed by atoms with van der Waals surface area (Å²) in [6.45, 7) is 1.63. The van der Waals surface area contributed by atoms with Gasteiger partial charge in [0.05, 0.1) is 0 Å². The fraction of sp³-hybridized carbons (Fsp3) is 0.429. The summed E-state index contributed by atoms with van der Waals surface area (Å²) in [4.78, 5) is 22.7. The molecular weight excluding hydrogens is 262 g/mol. The van der Waals surface area contributed by atoms with Crippen LogP contribution in [0.25, 0.3) is 0 Å². The summed E-state index contributed by atoms with van der Waals surface area (Å²) in [5.41, 5.74) is 0.816. The average molecular weight is 279 g/mol. The molecule has 0 aliphatic carbocycles. The van der Waals surface area contributed by atoms with Gasteiger partial charge in [-0.1, -0.05) is 30.3 Å². The molecule has 1 aliphatic heterocycles. The van der Waals surface area contributed by atoms with Gasteiger partial charge in [-0.2, -0.15) is 0 Å². The van der Waals surface area contributed by atoms with Crippen molar-refractivity contribution < 1.29 is 23.8 Å². The maximum atomic E-state index is 11.4. The first-order valence-corrected chi connectivity index (χ1v) is 6.54. The van der Waals surface area contributed by atoms with Gasteiger partial charge in [0.2, 0.25) is 0 Å². The molecule has 0 unspecified atom stereocenters. The molecule has 6 heteroatoms. The summed E-state index contributed by atoms with van der Waals surface area (Å²) in [6, 6.07) is 9.13. The summed E-state index contributed by atoms with van der Waals surface area (Å²) < 4.78 is 14.3. The van der Waals surface area contributed by atoms with Crippen LogP contribution in [-0.2, 0) is 20.8 Å². The molecule has 1 fully saturated rings. The SMILES string of the molecule is O=C(OCc1ccccc1)OC(=O)OC1CCNCC1. The molecule has 1 heterocycles. The van der Waals surface area contributed by atoms with E-state index in [1.165, 1.54) is 0 Å². The quantitative estimate of drug-likeness (QED) is 0.675. The highest BCUT2D eigenvalue weighted by atomic mass is 16.8. The summed E-state index contributed by atoms with van der Waals surface area (Å²) in [6.07, 6.45) is -0.823. The lowest BCUT2D eigenvalue weighted by Gasteiger charge is -2.21. The van der Waals surface area contributed by atoms with E-state index in [1.807, 2.05) is 18.2 Å². The van der Waals surface area contributed by atoms with Crippen LogP contribution in [0.5, 0.6) is 0 Å². The lowest BCUT2D eigenvalue weighted by Crippen LogP contribution is -2.34. The Balaban J connectivity index is 1.67. The molecule has 0 saturated carbocycles. The number of carbonyl (C=O) groups excluding carboxylic acids is 2. The highest BCUT2D eigenvalue weighted by molar-refractivity contribution is 5.76. The summed E-state index contributed by atoms with van der Waals surface area (Å²) in [5.74, 6) is 0. The van der Waals surface area contributed by atoms with E-state index in [-0.39, 0.29) is 12.7 Å². The second-order valence-corrected chi connectivity index (χ2v) is 4.44. The lowest BCUT2D eigenvalue weighted by atomic mass is 10.1. The van der Waals surface area contributed by atoms with Crippen molar-refractivity contribution in [3.05, 3.63) is 35.9 Å². The lowest BCUT2D eigenvalue weighted by molar-refractivity contribution is 0.00712. The van der Waals surface area contributed by atoms with E-state index in [9.17, 15) is 9.59 Å². The zero-order valence-electron chi connectivity index (χ0n) is 11.0. The van der Waals surface area contributed by atoms with E-state index >= 15 is 0 Å². The fourth-order valence-corrected chi connectivity index (χ4v) is 1.89. The molecule has 0 bridgehead atoms. The van der Waals surface area contributed by atoms with Gasteiger partial charge >= 0.3 is 12.3 Å². The first-order valence-electron chi connectivity index (χ1n) is 6.54. The van der Waals surface area contributed by atoms with Gasteiger partial charge in [0.25, 0.3) is 0 Å². The predicted molar refractivity (Wildman–Crippen MR) is 70.1 cm³/mol. The minimum atomic E-state index is -1.05. The molecule has 1 aromatic rings. The number of piperidine rings is 1. The van der Waals surface area contributed by atoms with E-state index < -0.39 is 12.3 Å². The second-order valence-electron chi connectivity index (χ2n) is 4.44. The zero-order chi connectivity index (χ0) is 14.2. The minimum absolute atomic E-state index is 0.0559. The van der Waals surface area contributed by atoms with Gasteiger partial charge in [-0.15, -0.1) is 0 Å². The standard InChI is InChI=1S/C14H17NO5/c16-13(18-10-11-4-2-1-3-5-11)20-14(17)19-12-6-8-15-9-7-12/h1-5,12,15H,6-10H2. The molecule has 1 aromatic carbocycles. The maximum Gasteiger partial charge on any atom is 0.518 e. The minimum Gasteiger partial charge on any atom is -0.430 e. The van der Waals surface area contributed by atoms with E-state index in [4.69, 9.17) is 9.47 Å². The van der Waals surface area contributed by atoms with Gasteiger partial charge in [0.1, 0.15) is 12.7 Å². The number of carbonyl (C=O) groups is 2. The summed E-state index contributed by atoms with van der Waals surface area (Å²) in [7, 11) is 0. The molecule has 108 valence electrons. The third-order valence-electron chi connectivity index (χ3n) is 2.92. The Kier molecular flexibility index (Phi) is 5.37. The van der Waals surface area contributed by atoms with Gasteiger partial charge in [-0.25, -0.2) is 9.59 Å². The molecule has 1 aliphatic rings. The molecule has 1 saturated heterocycles. The average Bonchev–Trinajstić information content (AvgIpc) is 2.47. The van der Waals surface area contributed by atoms with Crippen LogP contribution in [0.1, 0.15) is 18.4 Å². The highest BCUT2D eigenvalue weighted by Gasteiger charge is 2.21. The van der Waals surface area contributed by atoms with Crippen molar-refractivity contribution in [3.8, 4) is 0 Å². The molecule has 0 spiro atoms. The van der Waals surface area contributed by atoms with E-state index in [0.29, 0.717) is 12.8 Å². The number of hydrogen-bond acceptors (Lipinski definition) is 6. The highest BCUT2D eigenvalue weighted by Crippen LogP contribution is 2.09. The van der Waals surface area contributed by atoms with Crippen molar-refractivity contribution in [2.45, 2.75) is 25.6 Å². The molecule has 0 radical (unpaired) electrons. The topological polar surface area (TPSA) is 73.9 Å². The maximum absolute atomic E-state index is 11.4. The van der Waals surface area contributed by atoms with Crippen LogP contribution in [0, 0.1) is 0 Å². The van der Waals surface area contributed by atoms with Gasteiger partial charge in [-0.3, -0.25) is 0 Å². The van der Waals surface area contributed by atoms with Crippen molar-refractivity contribution in [1.29, 1.82) is 0 Å². The summed E-state index contributed by atoms with van der Waals surface area (Å²) >= 11 is 0. The Morgan fingerprint density at radius 2 is 1.80 bits per heavy atom. The van der Waals surface area contributed by atoms with Crippen LogP contribution in [0.15, 0.2) is 30.3 Å².